The lowest BCUT2D eigenvalue weighted by atomic mass is 10.0. The molecule has 0 saturated heterocycles. The largest absolute Gasteiger partial charge is 0.465 e. The third-order valence-electron chi connectivity index (χ3n) is 5.14. The number of rotatable bonds is 7. The van der Waals surface area contributed by atoms with Gasteiger partial charge < -0.3 is 4.74 Å². The van der Waals surface area contributed by atoms with Crippen molar-refractivity contribution in [1.29, 1.82) is 0 Å². The fraction of sp³-hybridized carbons (Fsp3) is 0.182. The molecule has 12 heteroatoms. The molecule has 0 amide bonds. The summed E-state index contributed by atoms with van der Waals surface area (Å²) in [5.41, 5.74) is 2.15. The summed E-state index contributed by atoms with van der Waals surface area (Å²) in [6.45, 7) is -0.0510. The van der Waals surface area contributed by atoms with Crippen molar-refractivity contribution < 1.29 is 17.9 Å². The Hall–Kier alpha value is -2.14. The minimum Gasteiger partial charge on any atom is -0.465 e. The van der Waals surface area contributed by atoms with Gasteiger partial charge in [0, 0.05) is 16.5 Å². The molecule has 178 valence electrons. The first kappa shape index (κ1) is 25.0. The second-order valence-electron chi connectivity index (χ2n) is 7.31. The number of methoxy groups -OCH3 is 1. The van der Waals surface area contributed by atoms with Crippen LogP contribution in [0.5, 0.6) is 0 Å². The molecule has 0 spiro atoms. The molecule has 0 radical (unpaired) electrons. The Morgan fingerprint density at radius 2 is 1.85 bits per heavy atom. The van der Waals surface area contributed by atoms with E-state index in [0.29, 0.717) is 32.9 Å². The minimum absolute atomic E-state index is 0.0111. The SMILES string of the molecule is COC(=O)c1sccc1S(=O)(=O)NCC1=NN(c2ccc(Cl)cc2Cl)C(c2ccc(Cl)cc2)C1. The van der Waals surface area contributed by atoms with Gasteiger partial charge in [0.1, 0.15) is 9.77 Å². The highest BCUT2D eigenvalue weighted by atomic mass is 35.5. The van der Waals surface area contributed by atoms with E-state index in [1.165, 1.54) is 18.6 Å². The van der Waals surface area contributed by atoms with Crippen LogP contribution < -0.4 is 9.73 Å². The summed E-state index contributed by atoms with van der Waals surface area (Å²) in [5.74, 6) is -0.708. The molecule has 0 aliphatic carbocycles. The van der Waals surface area contributed by atoms with Crippen LogP contribution in [0.25, 0.3) is 0 Å². The van der Waals surface area contributed by atoms with E-state index in [-0.39, 0.29) is 22.4 Å². The van der Waals surface area contributed by atoms with E-state index < -0.39 is 16.0 Å². The number of carbonyl (C=O) groups is 1. The van der Waals surface area contributed by atoms with Crippen LogP contribution >= 0.6 is 46.1 Å². The Bertz CT molecular complexity index is 1360. The topological polar surface area (TPSA) is 88.1 Å². The molecule has 0 saturated carbocycles. The van der Waals surface area contributed by atoms with Crippen molar-refractivity contribution in [3.8, 4) is 0 Å². The first-order valence-corrected chi connectivity index (χ1v) is 13.4. The number of anilines is 1. The number of nitrogens with zero attached hydrogens (tertiary/aromatic N) is 2. The number of hydrazone groups is 1. The Morgan fingerprint density at radius 1 is 1.15 bits per heavy atom. The molecule has 1 aromatic heterocycles. The zero-order valence-electron chi connectivity index (χ0n) is 17.7. The number of halogens is 3. The van der Waals surface area contributed by atoms with Crippen molar-refractivity contribution in [3.63, 3.8) is 0 Å². The van der Waals surface area contributed by atoms with Gasteiger partial charge in [-0.15, -0.1) is 11.3 Å². The third-order valence-corrected chi connectivity index (χ3v) is 8.40. The van der Waals surface area contributed by atoms with E-state index in [9.17, 15) is 13.2 Å². The molecule has 7 nitrogen and oxygen atoms in total. The van der Waals surface area contributed by atoms with Crippen LogP contribution in [0.1, 0.15) is 27.7 Å². The number of hydrogen-bond acceptors (Lipinski definition) is 7. The predicted octanol–water partition coefficient (Wildman–Crippen LogP) is 5.78. The van der Waals surface area contributed by atoms with Crippen LogP contribution in [0.3, 0.4) is 0 Å². The van der Waals surface area contributed by atoms with Gasteiger partial charge in [0.25, 0.3) is 0 Å². The summed E-state index contributed by atoms with van der Waals surface area (Å²) < 4.78 is 33.0. The molecular formula is C22H18Cl3N3O4S2. The second-order valence-corrected chi connectivity index (χ2v) is 11.2. The van der Waals surface area contributed by atoms with E-state index in [4.69, 9.17) is 34.8 Å². The second kappa shape index (κ2) is 10.2. The van der Waals surface area contributed by atoms with Crippen LogP contribution in [0.4, 0.5) is 5.69 Å². The Labute approximate surface area is 215 Å². The zero-order chi connectivity index (χ0) is 24.5. The van der Waals surface area contributed by atoms with Crippen LogP contribution in [0, 0.1) is 0 Å². The first-order chi connectivity index (χ1) is 16.2. The van der Waals surface area contributed by atoms with Crippen molar-refractivity contribution in [2.45, 2.75) is 17.4 Å². The van der Waals surface area contributed by atoms with Gasteiger partial charge in [0.15, 0.2) is 0 Å². The minimum atomic E-state index is -3.97. The molecule has 1 aliphatic heterocycles. The maximum atomic E-state index is 12.9. The molecule has 1 aliphatic rings. The molecular weight excluding hydrogens is 541 g/mol. The van der Waals surface area contributed by atoms with Gasteiger partial charge in [-0.05, 0) is 47.3 Å². The lowest BCUT2D eigenvalue weighted by Gasteiger charge is -2.25. The maximum absolute atomic E-state index is 12.9. The normalized spacial score (nSPS) is 15.9. The molecule has 2 heterocycles. The fourth-order valence-electron chi connectivity index (χ4n) is 3.52. The first-order valence-electron chi connectivity index (χ1n) is 9.91. The zero-order valence-corrected chi connectivity index (χ0v) is 21.6. The molecule has 1 N–H and O–H groups in total. The summed E-state index contributed by atoms with van der Waals surface area (Å²) in [7, 11) is -2.77. The van der Waals surface area contributed by atoms with Gasteiger partial charge in [-0.2, -0.15) is 5.10 Å². The lowest BCUT2D eigenvalue weighted by molar-refractivity contribution is 0.0602. The molecule has 4 rings (SSSR count). The van der Waals surface area contributed by atoms with E-state index in [1.54, 1.807) is 35.3 Å². The third kappa shape index (κ3) is 5.25. The molecule has 1 unspecified atom stereocenters. The summed E-state index contributed by atoms with van der Waals surface area (Å²) >= 11 is 19.5. The standard InChI is InChI=1S/C22H18Cl3N3O4S2/c1-32-22(29)21-20(8-9-33-21)34(30,31)26-12-16-11-19(13-2-4-14(23)5-3-13)28(27-16)18-7-6-15(24)10-17(18)25/h2-10,19,26H,11-12H2,1H3. The quantitative estimate of drug-likeness (QED) is 0.371. The molecule has 0 bridgehead atoms. The van der Waals surface area contributed by atoms with E-state index in [1.807, 2.05) is 12.1 Å². The highest BCUT2D eigenvalue weighted by Crippen LogP contribution is 2.39. The van der Waals surface area contributed by atoms with Crippen molar-refractivity contribution in [2.24, 2.45) is 5.10 Å². The fourth-order valence-corrected chi connectivity index (χ4v) is 6.49. The predicted molar refractivity (Wildman–Crippen MR) is 136 cm³/mol. The van der Waals surface area contributed by atoms with Crippen molar-refractivity contribution in [3.05, 3.63) is 79.4 Å². The monoisotopic (exact) mass is 557 g/mol. The smallest absolute Gasteiger partial charge is 0.349 e. The van der Waals surface area contributed by atoms with E-state index in [0.717, 1.165) is 16.9 Å². The van der Waals surface area contributed by atoms with Gasteiger partial charge in [-0.25, -0.2) is 17.9 Å². The van der Waals surface area contributed by atoms with Gasteiger partial charge in [-0.1, -0.05) is 46.9 Å². The van der Waals surface area contributed by atoms with Gasteiger partial charge in [0.05, 0.1) is 36.1 Å². The summed E-state index contributed by atoms with van der Waals surface area (Å²) in [6, 6.07) is 13.6. The number of sulfonamides is 1. The van der Waals surface area contributed by atoms with Crippen molar-refractivity contribution >= 4 is 73.5 Å². The summed E-state index contributed by atoms with van der Waals surface area (Å²) in [4.78, 5) is 11.8. The average Bonchev–Trinajstić information content (AvgIpc) is 3.46. The van der Waals surface area contributed by atoms with Crippen LogP contribution in [-0.4, -0.2) is 33.8 Å². The summed E-state index contributed by atoms with van der Waals surface area (Å²) in [6.07, 6.45) is 0.441. The number of ether oxygens (including phenoxy) is 1. The summed E-state index contributed by atoms with van der Waals surface area (Å²) in [5, 5.41) is 9.44. The number of hydrogen-bond donors (Lipinski definition) is 1. The highest BCUT2D eigenvalue weighted by molar-refractivity contribution is 7.89. The average molecular weight is 559 g/mol. The number of carbonyl (C=O) groups excluding carboxylic acids is 1. The molecule has 3 aromatic rings. The highest BCUT2D eigenvalue weighted by Gasteiger charge is 2.32. The number of benzene rings is 2. The van der Waals surface area contributed by atoms with Gasteiger partial charge in [0.2, 0.25) is 10.0 Å². The Kier molecular flexibility index (Phi) is 7.51. The lowest BCUT2D eigenvalue weighted by Crippen LogP contribution is -2.30. The Balaban J connectivity index is 1.61. The van der Waals surface area contributed by atoms with Crippen LogP contribution in [-0.2, 0) is 14.8 Å². The van der Waals surface area contributed by atoms with Gasteiger partial charge in [-0.3, -0.25) is 5.01 Å². The van der Waals surface area contributed by atoms with Crippen molar-refractivity contribution in [2.75, 3.05) is 18.7 Å². The maximum Gasteiger partial charge on any atom is 0.349 e. The number of nitrogens with one attached hydrogen (secondary N) is 1. The molecule has 0 fully saturated rings. The van der Waals surface area contributed by atoms with E-state index >= 15 is 0 Å². The molecule has 1 atom stereocenters. The van der Waals surface area contributed by atoms with Crippen molar-refractivity contribution in [1.82, 2.24) is 4.72 Å². The molecule has 34 heavy (non-hydrogen) atoms. The Morgan fingerprint density at radius 3 is 2.53 bits per heavy atom. The number of esters is 1. The van der Waals surface area contributed by atoms with Gasteiger partial charge >= 0.3 is 5.97 Å². The van der Waals surface area contributed by atoms with Crippen LogP contribution in [0.15, 0.2) is 63.9 Å². The van der Waals surface area contributed by atoms with E-state index in [2.05, 4.69) is 14.6 Å². The number of thiophene rings is 1. The van der Waals surface area contributed by atoms with Crippen LogP contribution in [0.2, 0.25) is 15.1 Å². The molecule has 2 aromatic carbocycles.